The quantitative estimate of drug-likeness (QED) is 0.412. The summed E-state index contributed by atoms with van der Waals surface area (Å²) in [6.07, 6.45) is -0.148. The van der Waals surface area contributed by atoms with Gasteiger partial charge in [-0.05, 0) is 94.1 Å². The van der Waals surface area contributed by atoms with E-state index in [1.807, 2.05) is 29.2 Å². The lowest BCUT2D eigenvalue weighted by molar-refractivity contribution is -0.142. The monoisotopic (exact) mass is 731 g/mol. The molecule has 1 unspecified atom stereocenters. The number of nitrogens with one attached hydrogen (secondary N) is 1. The predicted molar refractivity (Wildman–Crippen MR) is 190 cm³/mol. The summed E-state index contributed by atoms with van der Waals surface area (Å²) in [6.45, 7) is 5.88. The summed E-state index contributed by atoms with van der Waals surface area (Å²) < 4.78 is 41.3. The summed E-state index contributed by atoms with van der Waals surface area (Å²) >= 11 is 6.14. The van der Waals surface area contributed by atoms with E-state index < -0.39 is 23.7 Å². The Morgan fingerprint density at radius 2 is 1.61 bits per heavy atom. The third-order valence-electron chi connectivity index (χ3n) is 11.2. The molecule has 4 amide bonds. The van der Waals surface area contributed by atoms with E-state index in [1.165, 1.54) is 6.07 Å². The molecular formula is C37H49ClF3N7O3. The molecular weight excluding hydrogens is 683 g/mol. The van der Waals surface area contributed by atoms with E-state index in [1.54, 1.807) is 9.80 Å². The number of carbonyl (C=O) groups is 3. The van der Waals surface area contributed by atoms with Gasteiger partial charge in [0.25, 0.3) is 0 Å². The Morgan fingerprint density at radius 3 is 2.33 bits per heavy atom. The number of hydrogen-bond donors (Lipinski definition) is 2. The zero-order chi connectivity index (χ0) is 36.3. The van der Waals surface area contributed by atoms with E-state index in [0.29, 0.717) is 58.2 Å². The average molecular weight is 732 g/mol. The fourth-order valence-electron chi connectivity index (χ4n) is 8.17. The van der Waals surface area contributed by atoms with Crippen molar-refractivity contribution in [2.75, 3.05) is 71.3 Å². The number of hydrogen-bond acceptors (Lipinski definition) is 6. The summed E-state index contributed by atoms with van der Waals surface area (Å²) in [5.74, 6) is -1.69. The van der Waals surface area contributed by atoms with Gasteiger partial charge in [0.1, 0.15) is 0 Å². The van der Waals surface area contributed by atoms with Crippen molar-refractivity contribution in [3.8, 4) is 0 Å². The minimum atomic E-state index is -4.66. The molecule has 2 atom stereocenters. The number of nitrogens with two attached hydrogens (primary N) is 1. The van der Waals surface area contributed by atoms with E-state index in [2.05, 4.69) is 22.2 Å². The lowest BCUT2D eigenvalue weighted by Crippen LogP contribution is -2.51. The molecule has 0 bridgehead atoms. The largest absolute Gasteiger partial charge is 0.416 e. The van der Waals surface area contributed by atoms with Crippen LogP contribution in [0.1, 0.15) is 61.3 Å². The topological polar surface area (TPSA) is 105 Å². The maximum atomic E-state index is 14.3. The molecule has 0 saturated carbocycles. The van der Waals surface area contributed by atoms with Gasteiger partial charge in [-0.25, -0.2) is 4.79 Å². The van der Waals surface area contributed by atoms with Crippen molar-refractivity contribution in [3.63, 3.8) is 0 Å². The first kappa shape index (κ1) is 37.4. The Bertz CT molecular complexity index is 1560. The molecule has 4 heterocycles. The van der Waals surface area contributed by atoms with Crippen LogP contribution in [0.3, 0.4) is 0 Å². The second kappa shape index (κ2) is 16.1. The molecule has 0 aliphatic carbocycles. The highest BCUT2D eigenvalue weighted by molar-refractivity contribution is 6.30. The van der Waals surface area contributed by atoms with Crippen LogP contribution in [0.2, 0.25) is 5.02 Å². The summed E-state index contributed by atoms with van der Waals surface area (Å²) in [4.78, 5) is 51.4. The molecule has 10 nitrogen and oxygen atoms in total. The number of fused-ring (bicyclic) bond motifs is 1. The molecule has 14 heteroatoms. The first-order valence-electron chi connectivity index (χ1n) is 18.2. The number of benzene rings is 2. The summed E-state index contributed by atoms with van der Waals surface area (Å²) in [7, 11) is 2.12. The number of likely N-dealkylation sites (tertiary alicyclic amines) is 2. The van der Waals surface area contributed by atoms with Gasteiger partial charge < -0.3 is 30.7 Å². The predicted octanol–water partition coefficient (Wildman–Crippen LogP) is 5.07. The van der Waals surface area contributed by atoms with Gasteiger partial charge in [0.15, 0.2) is 0 Å². The van der Waals surface area contributed by atoms with Crippen LogP contribution in [0.5, 0.6) is 0 Å². The Morgan fingerprint density at radius 1 is 0.902 bits per heavy atom. The molecule has 4 aliphatic rings. The summed E-state index contributed by atoms with van der Waals surface area (Å²) in [5.41, 5.74) is 7.68. The van der Waals surface area contributed by atoms with Gasteiger partial charge in [0.05, 0.1) is 11.5 Å². The summed E-state index contributed by atoms with van der Waals surface area (Å²) in [6, 6.07) is 9.91. The standard InChI is InChI=1S/C37H49ClF3N7O3/c1-44-14-8-29(9-15-44)45-12-4-13-47(20-19-45)35(50)31(34(42)26-21-27(37(39,40)41)23-28(38)22-26)24-33(49)46-16-10-30(11-17-46)48-18-7-25-5-2-3-6-32(25)43-36(48)51/h2-3,5-6,21-23,29-31,34H,4,7-20,24,42H2,1H3,(H,43,51)/t31-,34?/m0/s1. The minimum absolute atomic E-state index is 0.0556. The van der Waals surface area contributed by atoms with Crippen LogP contribution in [0, 0.1) is 5.92 Å². The fraction of sp³-hybridized carbons (Fsp3) is 0.595. The zero-order valence-electron chi connectivity index (χ0n) is 29.2. The Hall–Kier alpha value is -3.39. The Balaban J connectivity index is 1.15. The SMILES string of the molecule is CN1CCC(N2CCCN(C(=O)[C@@H](CC(=O)N3CCC(N4CCc5ccccc5NC4=O)CC3)C(N)c3cc(Cl)cc(C(F)(F)F)c3)CC2)CC1. The van der Waals surface area contributed by atoms with Crippen molar-refractivity contribution in [2.45, 2.75) is 69.2 Å². The van der Waals surface area contributed by atoms with Gasteiger partial charge >= 0.3 is 12.2 Å². The Labute approximate surface area is 303 Å². The molecule has 6 rings (SSSR count). The molecule has 2 aromatic carbocycles. The van der Waals surface area contributed by atoms with Crippen LogP contribution in [-0.2, 0) is 22.2 Å². The van der Waals surface area contributed by atoms with Gasteiger partial charge in [0, 0.05) is 81.1 Å². The van der Waals surface area contributed by atoms with Gasteiger partial charge in [-0.1, -0.05) is 29.8 Å². The molecule has 0 radical (unpaired) electrons. The van der Waals surface area contributed by atoms with Crippen LogP contribution in [0.4, 0.5) is 23.7 Å². The second-order valence-electron chi connectivity index (χ2n) is 14.5. The number of para-hydroxylation sites is 1. The lowest BCUT2D eigenvalue weighted by Gasteiger charge is -2.39. The highest BCUT2D eigenvalue weighted by Gasteiger charge is 2.39. The van der Waals surface area contributed by atoms with E-state index >= 15 is 0 Å². The van der Waals surface area contributed by atoms with Crippen LogP contribution >= 0.6 is 11.6 Å². The van der Waals surface area contributed by atoms with Crippen LogP contribution < -0.4 is 11.1 Å². The van der Waals surface area contributed by atoms with Gasteiger partial charge in [0.2, 0.25) is 11.8 Å². The number of rotatable bonds is 7. The first-order valence-corrected chi connectivity index (χ1v) is 18.5. The lowest BCUT2D eigenvalue weighted by atomic mass is 9.88. The van der Waals surface area contributed by atoms with Crippen molar-refractivity contribution in [2.24, 2.45) is 11.7 Å². The minimum Gasteiger partial charge on any atom is -0.343 e. The number of anilines is 1. The van der Waals surface area contributed by atoms with Crippen molar-refractivity contribution >= 4 is 35.1 Å². The van der Waals surface area contributed by atoms with Crippen molar-refractivity contribution in [1.82, 2.24) is 24.5 Å². The molecule has 0 aromatic heterocycles. The van der Waals surface area contributed by atoms with Gasteiger partial charge in [-0.15, -0.1) is 0 Å². The zero-order valence-corrected chi connectivity index (χ0v) is 30.0. The molecule has 278 valence electrons. The highest BCUT2D eigenvalue weighted by atomic mass is 35.5. The number of alkyl halides is 3. The maximum absolute atomic E-state index is 14.3. The molecule has 4 aliphatic heterocycles. The first-order chi connectivity index (χ1) is 24.4. The number of nitrogens with zero attached hydrogens (tertiary/aromatic N) is 5. The van der Waals surface area contributed by atoms with E-state index in [-0.39, 0.29) is 40.9 Å². The normalized spacial score (nSPS) is 21.8. The third kappa shape index (κ3) is 8.98. The molecule has 3 saturated heterocycles. The van der Waals surface area contributed by atoms with Gasteiger partial charge in [-0.3, -0.25) is 14.5 Å². The second-order valence-corrected chi connectivity index (χ2v) is 14.9. The molecule has 0 spiro atoms. The number of amides is 4. The molecule has 3 N–H and O–H groups in total. The number of urea groups is 1. The van der Waals surface area contributed by atoms with Crippen LogP contribution in [0.25, 0.3) is 0 Å². The van der Waals surface area contributed by atoms with E-state index in [9.17, 15) is 27.6 Å². The van der Waals surface area contributed by atoms with Crippen molar-refractivity contribution in [3.05, 3.63) is 64.2 Å². The fourth-order valence-corrected chi connectivity index (χ4v) is 8.41. The van der Waals surface area contributed by atoms with Crippen LogP contribution in [0.15, 0.2) is 42.5 Å². The molecule has 51 heavy (non-hydrogen) atoms. The number of piperidine rings is 2. The number of carbonyl (C=O) groups excluding carboxylic acids is 3. The smallest absolute Gasteiger partial charge is 0.343 e. The van der Waals surface area contributed by atoms with E-state index in [0.717, 1.165) is 68.7 Å². The highest BCUT2D eigenvalue weighted by Crippen LogP contribution is 2.36. The van der Waals surface area contributed by atoms with Crippen molar-refractivity contribution in [1.29, 1.82) is 0 Å². The summed E-state index contributed by atoms with van der Waals surface area (Å²) in [5, 5.41) is 2.87. The molecule has 3 fully saturated rings. The number of halogens is 4. The molecule has 2 aromatic rings. The third-order valence-corrected chi connectivity index (χ3v) is 11.4. The Kier molecular flexibility index (Phi) is 11.8. The van der Waals surface area contributed by atoms with Gasteiger partial charge in [-0.2, -0.15) is 13.2 Å². The van der Waals surface area contributed by atoms with Crippen LogP contribution in [-0.4, -0.2) is 120 Å². The maximum Gasteiger partial charge on any atom is 0.416 e. The average Bonchev–Trinajstić information content (AvgIpc) is 3.46. The van der Waals surface area contributed by atoms with Crippen molar-refractivity contribution < 1.29 is 27.6 Å². The van der Waals surface area contributed by atoms with E-state index in [4.69, 9.17) is 17.3 Å².